The lowest BCUT2D eigenvalue weighted by Crippen LogP contribution is -1.91. The molecule has 0 spiro atoms. The number of nitrogens with two attached hydrogens (primary N) is 1. The van der Waals surface area contributed by atoms with Gasteiger partial charge in [0.15, 0.2) is 5.75 Å². The Labute approximate surface area is 126 Å². The summed E-state index contributed by atoms with van der Waals surface area (Å²) < 4.78 is 0. The molecule has 3 N–H and O–H groups in total. The number of phenolic OH excluding ortho intramolecular Hbond substituents is 1. The predicted molar refractivity (Wildman–Crippen MR) is 85.4 cm³/mol. The number of rotatable bonds is 2. The minimum Gasteiger partial charge on any atom is -0.505 e. The Kier molecular flexibility index (Phi) is 4.15. The third kappa shape index (κ3) is 2.32. The van der Waals surface area contributed by atoms with Gasteiger partial charge in [0.2, 0.25) is 0 Å². The molecule has 104 valence electrons. The van der Waals surface area contributed by atoms with Gasteiger partial charge in [-0.1, -0.05) is 0 Å². The first-order valence-corrected chi connectivity index (χ1v) is 6.50. The molecule has 0 aliphatic carbocycles. The van der Waals surface area contributed by atoms with Crippen molar-refractivity contribution in [3.63, 3.8) is 0 Å². The first-order valence-electron chi connectivity index (χ1n) is 5.61. The monoisotopic (exact) mass is 307 g/mol. The molecule has 20 heavy (non-hydrogen) atoms. The molecule has 0 atom stereocenters. The van der Waals surface area contributed by atoms with Crippen molar-refractivity contribution in [3.8, 4) is 5.75 Å². The number of nitrogens with zero attached hydrogens (tertiary/aromatic N) is 4. The van der Waals surface area contributed by atoms with E-state index in [0.717, 1.165) is 0 Å². The number of hydrogen-bond donors (Lipinski definition) is 4. The van der Waals surface area contributed by atoms with E-state index in [1.807, 2.05) is 0 Å². The summed E-state index contributed by atoms with van der Waals surface area (Å²) in [5.41, 5.74) is 7.02. The molecular formula is C12H13N5OS2. The van der Waals surface area contributed by atoms with Gasteiger partial charge in [0.25, 0.3) is 0 Å². The van der Waals surface area contributed by atoms with Crippen LogP contribution in [0.15, 0.2) is 42.4 Å². The van der Waals surface area contributed by atoms with Crippen molar-refractivity contribution in [3.05, 3.63) is 12.1 Å². The van der Waals surface area contributed by atoms with Crippen LogP contribution in [0.4, 0.5) is 17.1 Å². The van der Waals surface area contributed by atoms with E-state index in [4.69, 9.17) is 5.73 Å². The molecule has 2 aromatic carbocycles. The van der Waals surface area contributed by atoms with E-state index in [1.54, 1.807) is 12.1 Å². The number of phenols is 1. The maximum absolute atomic E-state index is 10.3. The number of azo groups is 2. The molecule has 8 heteroatoms. The number of fused-ring (bicyclic) bond motifs is 1. The minimum atomic E-state index is -0.0866. The normalized spacial score (nSPS) is 12.0. The van der Waals surface area contributed by atoms with Gasteiger partial charge in [-0.15, -0.1) is 25.3 Å². The van der Waals surface area contributed by atoms with Gasteiger partial charge in [0.05, 0.1) is 11.1 Å². The van der Waals surface area contributed by atoms with Crippen LogP contribution >= 0.6 is 25.3 Å². The second-order valence-electron chi connectivity index (χ2n) is 3.95. The van der Waals surface area contributed by atoms with Crippen LogP contribution in [0.3, 0.4) is 0 Å². The van der Waals surface area contributed by atoms with Crippen LogP contribution in [0.5, 0.6) is 5.75 Å². The van der Waals surface area contributed by atoms with E-state index < -0.39 is 0 Å². The molecule has 2 rings (SSSR count). The van der Waals surface area contributed by atoms with E-state index >= 15 is 0 Å². The molecule has 6 nitrogen and oxygen atoms in total. The number of anilines is 1. The van der Waals surface area contributed by atoms with Gasteiger partial charge in [-0.2, -0.15) is 20.5 Å². The zero-order chi connectivity index (χ0) is 14.9. The number of thiol groups is 2. The number of hydrogen-bond acceptors (Lipinski definition) is 8. The Morgan fingerprint density at radius 2 is 1.50 bits per heavy atom. The molecule has 0 aliphatic heterocycles. The molecule has 2 aromatic rings. The van der Waals surface area contributed by atoms with Crippen molar-refractivity contribution in [1.82, 2.24) is 0 Å². The van der Waals surface area contributed by atoms with Crippen LogP contribution in [0.2, 0.25) is 0 Å². The third-order valence-corrected chi connectivity index (χ3v) is 3.43. The summed E-state index contributed by atoms with van der Waals surface area (Å²) in [5, 5.41) is 26.6. The topological polar surface area (TPSA) is 95.7 Å². The molecule has 0 fully saturated rings. The van der Waals surface area contributed by atoms with Crippen molar-refractivity contribution in [2.24, 2.45) is 20.5 Å². The van der Waals surface area contributed by atoms with Gasteiger partial charge in [0.1, 0.15) is 11.4 Å². The smallest absolute Gasteiger partial charge is 0.154 e. The molecule has 0 aromatic heterocycles. The van der Waals surface area contributed by atoms with Crippen LogP contribution in [0.1, 0.15) is 0 Å². The summed E-state index contributed by atoms with van der Waals surface area (Å²) in [6, 6.07) is 3.48. The van der Waals surface area contributed by atoms with Gasteiger partial charge in [0, 0.05) is 23.9 Å². The molecule has 0 bridgehead atoms. The standard InChI is InChI=1S/C12H13N5OS2/c1-14-16-10-6(19)3-5-4-7(20)11(17-15-2)12(18)8(5)9(10)13/h3-4,18-20H,13H2,1-2H3. The first-order chi connectivity index (χ1) is 9.51. The summed E-state index contributed by atoms with van der Waals surface area (Å²) in [6.07, 6.45) is 0. The summed E-state index contributed by atoms with van der Waals surface area (Å²) in [5.74, 6) is -0.0866. The Bertz CT molecular complexity index is 684. The fourth-order valence-electron chi connectivity index (χ4n) is 1.94. The first kappa shape index (κ1) is 14.6. The molecule has 0 aliphatic rings. The van der Waals surface area contributed by atoms with Crippen molar-refractivity contribution >= 4 is 53.1 Å². The zero-order valence-corrected chi connectivity index (χ0v) is 12.7. The zero-order valence-electron chi connectivity index (χ0n) is 10.9. The van der Waals surface area contributed by atoms with Crippen LogP contribution in [0, 0.1) is 0 Å². The lowest BCUT2D eigenvalue weighted by Gasteiger charge is -2.12. The fraction of sp³-hybridized carbons (Fsp3) is 0.167. The molecule has 0 heterocycles. The molecule has 0 saturated carbocycles. The highest BCUT2D eigenvalue weighted by atomic mass is 32.1. The van der Waals surface area contributed by atoms with Gasteiger partial charge in [-0.05, 0) is 17.5 Å². The maximum atomic E-state index is 10.3. The van der Waals surface area contributed by atoms with E-state index in [9.17, 15) is 5.11 Å². The van der Waals surface area contributed by atoms with E-state index in [0.29, 0.717) is 26.3 Å². The van der Waals surface area contributed by atoms with Crippen molar-refractivity contribution in [1.29, 1.82) is 0 Å². The minimum absolute atomic E-state index is 0.0866. The quantitative estimate of drug-likeness (QED) is 0.381. The molecule has 0 unspecified atom stereocenters. The highest BCUT2D eigenvalue weighted by molar-refractivity contribution is 7.80. The SMILES string of the molecule is CN=Nc1c(S)cc2cc(S)c(N=NC)c(O)c2c1N. The molecular weight excluding hydrogens is 294 g/mol. The summed E-state index contributed by atoms with van der Waals surface area (Å²) in [4.78, 5) is 1.07. The van der Waals surface area contributed by atoms with Crippen molar-refractivity contribution < 1.29 is 5.11 Å². The van der Waals surface area contributed by atoms with E-state index in [-0.39, 0.29) is 17.1 Å². The van der Waals surface area contributed by atoms with Gasteiger partial charge in [-0.25, -0.2) is 0 Å². The second-order valence-corrected chi connectivity index (χ2v) is 4.91. The fourth-order valence-corrected chi connectivity index (χ4v) is 2.53. The number of benzene rings is 2. The lowest BCUT2D eigenvalue weighted by molar-refractivity contribution is 0.481. The van der Waals surface area contributed by atoms with Crippen LogP contribution < -0.4 is 5.73 Å². The Morgan fingerprint density at radius 3 is 2.05 bits per heavy atom. The Balaban J connectivity index is 2.95. The maximum Gasteiger partial charge on any atom is 0.154 e. The third-order valence-electron chi connectivity index (χ3n) is 2.74. The highest BCUT2D eigenvalue weighted by Crippen LogP contribution is 2.47. The average molecular weight is 307 g/mol. The van der Waals surface area contributed by atoms with Gasteiger partial charge < -0.3 is 10.8 Å². The summed E-state index contributed by atoms with van der Waals surface area (Å²) in [6.45, 7) is 0. The molecule has 0 radical (unpaired) electrons. The van der Waals surface area contributed by atoms with Gasteiger partial charge in [-0.3, -0.25) is 0 Å². The number of nitrogen functional groups attached to an aromatic ring is 1. The Morgan fingerprint density at radius 1 is 1.00 bits per heavy atom. The molecule has 0 saturated heterocycles. The van der Waals surface area contributed by atoms with Crippen LogP contribution in [0.25, 0.3) is 10.8 Å². The van der Waals surface area contributed by atoms with Crippen molar-refractivity contribution in [2.45, 2.75) is 9.79 Å². The van der Waals surface area contributed by atoms with Crippen LogP contribution in [-0.2, 0) is 0 Å². The summed E-state index contributed by atoms with van der Waals surface area (Å²) >= 11 is 8.62. The Hall–Kier alpha value is -1.80. The lowest BCUT2D eigenvalue weighted by atomic mass is 10.1. The van der Waals surface area contributed by atoms with E-state index in [2.05, 4.69) is 45.7 Å². The summed E-state index contributed by atoms with van der Waals surface area (Å²) in [7, 11) is 3.04. The van der Waals surface area contributed by atoms with Gasteiger partial charge >= 0.3 is 0 Å². The predicted octanol–water partition coefficient (Wildman–Crippen LogP) is 4.13. The molecule has 0 amide bonds. The largest absolute Gasteiger partial charge is 0.505 e. The second kappa shape index (κ2) is 5.68. The highest BCUT2D eigenvalue weighted by Gasteiger charge is 2.17. The van der Waals surface area contributed by atoms with Crippen molar-refractivity contribution in [2.75, 3.05) is 19.8 Å². The number of aromatic hydroxyl groups is 1. The van der Waals surface area contributed by atoms with Crippen LogP contribution in [-0.4, -0.2) is 19.2 Å². The van der Waals surface area contributed by atoms with E-state index in [1.165, 1.54) is 14.1 Å². The average Bonchev–Trinajstić information content (AvgIpc) is 2.39.